The van der Waals surface area contributed by atoms with Crippen molar-refractivity contribution in [2.45, 2.75) is 99.5 Å². The van der Waals surface area contributed by atoms with Crippen molar-refractivity contribution < 1.29 is 14.6 Å². The Hall–Kier alpha value is -1.91. The number of hydrogen-bond acceptors (Lipinski definition) is 4. The summed E-state index contributed by atoms with van der Waals surface area (Å²) in [4.78, 5) is 17.1. The molecule has 4 heteroatoms. The third-order valence-corrected chi connectivity index (χ3v) is 7.85. The average molecular weight is 496 g/mol. The van der Waals surface area contributed by atoms with E-state index in [0.29, 0.717) is 37.4 Å². The maximum atomic E-state index is 14.8. The fraction of sp³-hybridized carbons (Fsp3) is 0.656. The Kier molecular flexibility index (Phi) is 7.27. The van der Waals surface area contributed by atoms with Gasteiger partial charge in [0.1, 0.15) is 11.3 Å². The summed E-state index contributed by atoms with van der Waals surface area (Å²) in [6.45, 7) is 28.6. The highest BCUT2D eigenvalue weighted by Gasteiger charge is 2.54. The van der Waals surface area contributed by atoms with Gasteiger partial charge in [0.15, 0.2) is 5.78 Å². The lowest BCUT2D eigenvalue weighted by Gasteiger charge is -2.53. The minimum absolute atomic E-state index is 0.0612. The van der Waals surface area contributed by atoms with Gasteiger partial charge in [0.2, 0.25) is 0 Å². The Morgan fingerprint density at radius 3 is 1.83 bits per heavy atom. The minimum Gasteiger partial charge on any atom is -0.507 e. The highest BCUT2D eigenvalue weighted by atomic mass is 16.5. The first kappa shape index (κ1) is 28.7. The van der Waals surface area contributed by atoms with Crippen molar-refractivity contribution in [3.8, 4) is 5.75 Å². The highest BCUT2D eigenvalue weighted by molar-refractivity contribution is 6.28. The molecule has 2 aliphatic rings. The van der Waals surface area contributed by atoms with Crippen molar-refractivity contribution in [1.29, 1.82) is 0 Å². The standard InChI is InChI=1S/C32H49NO3/c1-28(2,3)21-17-23(26(34)25(19-21)30(7,8)9)24-18-22(29(4,5)6)20-32(27(24)35,31(10,11)12)33-13-15-36-16-14-33/h17-20,34H,13-16H2,1-12H3. The first-order valence-corrected chi connectivity index (χ1v) is 13.4. The molecule has 4 nitrogen and oxygen atoms in total. The van der Waals surface area contributed by atoms with Crippen LogP contribution in [0, 0.1) is 10.8 Å². The summed E-state index contributed by atoms with van der Waals surface area (Å²) >= 11 is 0. The van der Waals surface area contributed by atoms with Crippen LogP contribution in [-0.4, -0.2) is 47.6 Å². The highest BCUT2D eigenvalue weighted by Crippen LogP contribution is 2.50. The van der Waals surface area contributed by atoms with Crippen LogP contribution in [0.5, 0.6) is 5.75 Å². The molecule has 0 radical (unpaired) electrons. The number of morpholine rings is 1. The average Bonchev–Trinajstić information content (AvgIpc) is 2.71. The Labute approximate surface area is 219 Å². The van der Waals surface area contributed by atoms with E-state index in [-0.39, 0.29) is 33.2 Å². The molecule has 200 valence electrons. The third kappa shape index (κ3) is 5.09. The van der Waals surface area contributed by atoms with Gasteiger partial charge in [-0.15, -0.1) is 0 Å². The summed E-state index contributed by atoms with van der Waals surface area (Å²) in [5, 5.41) is 11.7. The molecule has 1 aromatic rings. The van der Waals surface area contributed by atoms with Gasteiger partial charge in [-0.1, -0.05) is 95.2 Å². The lowest BCUT2D eigenvalue weighted by Crippen LogP contribution is -2.64. The molecule has 36 heavy (non-hydrogen) atoms. The number of phenolic OH excluding ortho intramolecular Hbond substituents is 1. The predicted octanol–water partition coefficient (Wildman–Crippen LogP) is 7.04. The van der Waals surface area contributed by atoms with Gasteiger partial charge in [-0.3, -0.25) is 9.69 Å². The maximum absolute atomic E-state index is 14.8. The normalized spacial score (nSPS) is 22.9. The van der Waals surface area contributed by atoms with E-state index in [2.05, 4.69) is 100 Å². The van der Waals surface area contributed by atoms with Gasteiger partial charge in [-0.05, 0) is 44.9 Å². The smallest absolute Gasteiger partial charge is 0.188 e. The third-order valence-electron chi connectivity index (χ3n) is 7.85. The molecule has 0 spiro atoms. The quantitative estimate of drug-likeness (QED) is 0.478. The number of carbonyl (C=O) groups excluding carboxylic acids is 1. The van der Waals surface area contributed by atoms with Crippen LogP contribution >= 0.6 is 0 Å². The summed E-state index contributed by atoms with van der Waals surface area (Å²) in [5.41, 5.74) is 2.59. The zero-order chi connectivity index (χ0) is 27.5. The molecule has 3 rings (SSSR count). The number of ether oxygens (including phenoxy) is 1. The minimum atomic E-state index is -0.838. The second-order valence-electron chi connectivity index (χ2n) is 14.8. The molecule has 1 N–H and O–H groups in total. The zero-order valence-corrected chi connectivity index (χ0v) is 24.8. The van der Waals surface area contributed by atoms with Crippen LogP contribution < -0.4 is 0 Å². The van der Waals surface area contributed by atoms with Crippen molar-refractivity contribution in [3.05, 3.63) is 46.5 Å². The Morgan fingerprint density at radius 1 is 0.833 bits per heavy atom. The number of hydrogen-bond donors (Lipinski definition) is 1. The van der Waals surface area contributed by atoms with Crippen LogP contribution in [0.2, 0.25) is 0 Å². The van der Waals surface area contributed by atoms with Crippen LogP contribution in [0.3, 0.4) is 0 Å². The Balaban J connectivity index is 2.41. The van der Waals surface area contributed by atoms with E-state index in [4.69, 9.17) is 4.74 Å². The van der Waals surface area contributed by atoms with Crippen molar-refractivity contribution in [1.82, 2.24) is 4.90 Å². The molecule has 1 saturated heterocycles. The Bertz CT molecular complexity index is 1070. The van der Waals surface area contributed by atoms with Crippen LogP contribution in [0.15, 0.2) is 29.9 Å². The van der Waals surface area contributed by atoms with Crippen LogP contribution in [0.1, 0.15) is 99.8 Å². The summed E-state index contributed by atoms with van der Waals surface area (Å²) in [5.74, 6) is 0.279. The van der Waals surface area contributed by atoms with Gasteiger partial charge in [0.25, 0.3) is 0 Å². The van der Waals surface area contributed by atoms with E-state index in [9.17, 15) is 9.90 Å². The summed E-state index contributed by atoms with van der Waals surface area (Å²) in [6.07, 6.45) is 4.26. The molecule has 0 amide bonds. The fourth-order valence-electron chi connectivity index (χ4n) is 5.42. The number of aromatic hydroxyl groups is 1. The lowest BCUT2D eigenvalue weighted by atomic mass is 9.62. The summed E-state index contributed by atoms with van der Waals surface area (Å²) in [6, 6.07) is 4.17. The van der Waals surface area contributed by atoms with Gasteiger partial charge >= 0.3 is 0 Å². The van der Waals surface area contributed by atoms with Crippen LogP contribution in [-0.2, 0) is 20.4 Å². The van der Waals surface area contributed by atoms with E-state index in [1.54, 1.807) is 0 Å². The number of rotatable bonds is 2. The largest absolute Gasteiger partial charge is 0.507 e. The zero-order valence-electron chi connectivity index (χ0n) is 24.8. The molecule has 1 unspecified atom stereocenters. The molecule has 1 atom stereocenters. The molecule has 1 aromatic carbocycles. The van der Waals surface area contributed by atoms with Crippen LogP contribution in [0.4, 0.5) is 0 Å². The maximum Gasteiger partial charge on any atom is 0.188 e. The molecular weight excluding hydrogens is 446 g/mol. The van der Waals surface area contributed by atoms with Crippen LogP contribution in [0.25, 0.3) is 5.57 Å². The molecule has 1 aliphatic heterocycles. The molecule has 1 aliphatic carbocycles. The number of ketones is 1. The second kappa shape index (κ2) is 9.13. The number of nitrogens with zero attached hydrogens (tertiary/aromatic N) is 1. The second-order valence-corrected chi connectivity index (χ2v) is 14.8. The van der Waals surface area contributed by atoms with Crippen molar-refractivity contribution in [2.75, 3.05) is 26.3 Å². The number of phenols is 1. The fourth-order valence-corrected chi connectivity index (χ4v) is 5.42. The van der Waals surface area contributed by atoms with E-state index < -0.39 is 5.54 Å². The number of Topliss-reactive ketones (excluding diaryl/α,β-unsaturated/α-hetero) is 1. The molecule has 0 saturated carbocycles. The summed E-state index contributed by atoms with van der Waals surface area (Å²) in [7, 11) is 0. The SMILES string of the molecule is CC(C)(C)C1=CC(N2CCOCC2)(C(C)(C)C)C(=O)C(c2cc(C(C)(C)C)cc(C(C)(C)C)c2O)=C1. The molecule has 1 heterocycles. The lowest BCUT2D eigenvalue weighted by molar-refractivity contribution is -0.133. The predicted molar refractivity (Wildman–Crippen MR) is 151 cm³/mol. The number of allylic oxidation sites excluding steroid dienone is 2. The molecule has 0 bridgehead atoms. The number of benzene rings is 1. The summed E-state index contributed by atoms with van der Waals surface area (Å²) < 4.78 is 5.69. The van der Waals surface area contributed by atoms with Crippen molar-refractivity contribution in [3.63, 3.8) is 0 Å². The Morgan fingerprint density at radius 2 is 1.39 bits per heavy atom. The van der Waals surface area contributed by atoms with Gasteiger partial charge < -0.3 is 9.84 Å². The van der Waals surface area contributed by atoms with E-state index >= 15 is 0 Å². The van der Waals surface area contributed by atoms with E-state index in [1.807, 2.05) is 12.1 Å². The first-order chi connectivity index (χ1) is 16.2. The molecule has 0 aromatic heterocycles. The molecular formula is C32H49NO3. The monoisotopic (exact) mass is 495 g/mol. The van der Waals surface area contributed by atoms with Gasteiger partial charge in [0, 0.05) is 29.8 Å². The van der Waals surface area contributed by atoms with E-state index in [1.165, 1.54) is 0 Å². The molecule has 1 fully saturated rings. The first-order valence-electron chi connectivity index (χ1n) is 13.4. The number of carbonyl (C=O) groups is 1. The van der Waals surface area contributed by atoms with Gasteiger partial charge in [-0.2, -0.15) is 0 Å². The van der Waals surface area contributed by atoms with Crippen molar-refractivity contribution >= 4 is 11.4 Å². The van der Waals surface area contributed by atoms with Crippen molar-refractivity contribution in [2.24, 2.45) is 10.8 Å². The van der Waals surface area contributed by atoms with Gasteiger partial charge in [0.05, 0.1) is 13.2 Å². The van der Waals surface area contributed by atoms with E-state index in [0.717, 1.165) is 16.7 Å². The van der Waals surface area contributed by atoms with Gasteiger partial charge in [-0.25, -0.2) is 0 Å². The topological polar surface area (TPSA) is 49.8 Å².